The lowest BCUT2D eigenvalue weighted by Gasteiger charge is -2.23. The molecule has 2 atom stereocenters. The second-order valence-corrected chi connectivity index (χ2v) is 7.51. The molecule has 32 heavy (non-hydrogen) atoms. The predicted molar refractivity (Wildman–Crippen MR) is 121 cm³/mol. The Hall–Kier alpha value is -3.26. The molecule has 174 valence electrons. The Morgan fingerprint density at radius 2 is 1.78 bits per heavy atom. The second-order valence-electron chi connectivity index (χ2n) is 7.51. The normalized spacial score (nSPS) is 15.3. The minimum absolute atomic E-state index is 0.176. The number of carboxylic acids is 1. The van der Waals surface area contributed by atoms with Crippen molar-refractivity contribution in [1.29, 1.82) is 0 Å². The number of nitrogens with one attached hydrogen (secondary N) is 1. The zero-order valence-corrected chi connectivity index (χ0v) is 19.0. The molecule has 0 fully saturated rings. The number of carbonyl (C=O) groups excluding carboxylic acids is 1. The van der Waals surface area contributed by atoms with Gasteiger partial charge in [0.2, 0.25) is 5.91 Å². The van der Waals surface area contributed by atoms with Gasteiger partial charge in [0.15, 0.2) is 11.5 Å². The van der Waals surface area contributed by atoms with Crippen molar-refractivity contribution in [2.75, 3.05) is 21.3 Å². The van der Waals surface area contributed by atoms with Gasteiger partial charge in [-0.05, 0) is 54.2 Å². The molecule has 0 spiro atoms. The number of benzene rings is 2. The van der Waals surface area contributed by atoms with E-state index in [1.165, 1.54) is 38.7 Å². The Bertz CT molecular complexity index is 931. The van der Waals surface area contributed by atoms with Crippen molar-refractivity contribution in [1.82, 2.24) is 5.32 Å². The summed E-state index contributed by atoms with van der Waals surface area (Å²) in [6, 6.07) is 10.5. The molecule has 2 aromatic carbocycles. The molecule has 3 rings (SSSR count). The molecule has 0 saturated carbocycles. The number of aliphatic carboxylic acids is 1. The SMILES string of the molecule is COc1ccc(C[C@H](NC(C)=O)C(=O)O)cc1OC.COc1cccc2c1CCC[C@H]2N. The molecule has 0 bridgehead atoms. The molecule has 0 unspecified atom stereocenters. The summed E-state index contributed by atoms with van der Waals surface area (Å²) >= 11 is 0. The van der Waals surface area contributed by atoms with Crippen LogP contribution >= 0.6 is 0 Å². The number of amides is 1. The van der Waals surface area contributed by atoms with E-state index in [0.29, 0.717) is 11.5 Å². The Kier molecular flexibility index (Phi) is 9.34. The highest BCUT2D eigenvalue weighted by molar-refractivity contribution is 5.82. The number of hydrogen-bond acceptors (Lipinski definition) is 6. The van der Waals surface area contributed by atoms with E-state index >= 15 is 0 Å². The number of carboxylic acid groups (broad SMARTS) is 1. The summed E-state index contributed by atoms with van der Waals surface area (Å²) in [6.45, 7) is 1.28. The number of fused-ring (bicyclic) bond motifs is 1. The second kappa shape index (κ2) is 12.0. The number of hydrogen-bond donors (Lipinski definition) is 3. The van der Waals surface area contributed by atoms with E-state index < -0.39 is 12.0 Å². The van der Waals surface area contributed by atoms with Gasteiger partial charge in [0, 0.05) is 19.4 Å². The lowest BCUT2D eigenvalue weighted by molar-refractivity contribution is -0.141. The first kappa shape index (κ1) is 25.0. The van der Waals surface area contributed by atoms with Crippen LogP contribution in [0, 0.1) is 0 Å². The van der Waals surface area contributed by atoms with Crippen LogP contribution in [-0.2, 0) is 22.4 Å². The fourth-order valence-corrected chi connectivity index (χ4v) is 3.73. The third-order valence-electron chi connectivity index (χ3n) is 5.29. The van der Waals surface area contributed by atoms with Gasteiger partial charge in [-0.1, -0.05) is 18.2 Å². The average molecular weight is 445 g/mol. The number of nitrogens with two attached hydrogens (primary N) is 1. The van der Waals surface area contributed by atoms with Gasteiger partial charge in [-0.3, -0.25) is 4.79 Å². The van der Waals surface area contributed by atoms with Crippen LogP contribution in [0.5, 0.6) is 17.2 Å². The predicted octanol–water partition coefficient (Wildman–Crippen LogP) is 2.87. The molecule has 2 aromatic rings. The van der Waals surface area contributed by atoms with Crippen LogP contribution in [0.3, 0.4) is 0 Å². The molecule has 0 aromatic heterocycles. The summed E-state index contributed by atoms with van der Waals surface area (Å²) in [7, 11) is 4.74. The summed E-state index contributed by atoms with van der Waals surface area (Å²) in [5, 5.41) is 11.4. The number of carbonyl (C=O) groups is 2. The molecule has 1 aliphatic carbocycles. The number of methoxy groups -OCH3 is 3. The Morgan fingerprint density at radius 3 is 2.38 bits per heavy atom. The molecular weight excluding hydrogens is 412 g/mol. The maximum absolute atomic E-state index is 11.0. The van der Waals surface area contributed by atoms with E-state index in [9.17, 15) is 9.59 Å². The van der Waals surface area contributed by atoms with Gasteiger partial charge in [-0.25, -0.2) is 4.79 Å². The Morgan fingerprint density at radius 1 is 1.09 bits per heavy atom. The van der Waals surface area contributed by atoms with Crippen LogP contribution in [0.2, 0.25) is 0 Å². The molecule has 8 heteroatoms. The zero-order valence-electron chi connectivity index (χ0n) is 19.0. The number of ether oxygens (including phenoxy) is 3. The van der Waals surface area contributed by atoms with Crippen LogP contribution in [0.4, 0.5) is 0 Å². The van der Waals surface area contributed by atoms with E-state index in [0.717, 1.165) is 24.2 Å². The van der Waals surface area contributed by atoms with Crippen molar-refractivity contribution in [2.45, 2.75) is 44.7 Å². The van der Waals surface area contributed by atoms with Gasteiger partial charge in [0.05, 0.1) is 21.3 Å². The summed E-state index contributed by atoms with van der Waals surface area (Å²) in [4.78, 5) is 22.0. The van der Waals surface area contributed by atoms with Crippen LogP contribution < -0.4 is 25.3 Å². The topological polar surface area (TPSA) is 120 Å². The van der Waals surface area contributed by atoms with Crippen molar-refractivity contribution in [3.63, 3.8) is 0 Å². The molecule has 0 aliphatic heterocycles. The van der Waals surface area contributed by atoms with Crippen LogP contribution in [0.15, 0.2) is 36.4 Å². The van der Waals surface area contributed by atoms with E-state index in [1.807, 2.05) is 12.1 Å². The molecule has 0 radical (unpaired) electrons. The van der Waals surface area contributed by atoms with Gasteiger partial charge in [0.25, 0.3) is 0 Å². The molecule has 1 amide bonds. The summed E-state index contributed by atoms with van der Waals surface area (Å²) in [6.07, 6.45) is 3.55. The summed E-state index contributed by atoms with van der Waals surface area (Å²) in [5.41, 5.74) is 9.33. The van der Waals surface area contributed by atoms with Crippen molar-refractivity contribution in [3.05, 3.63) is 53.1 Å². The van der Waals surface area contributed by atoms with Crippen molar-refractivity contribution in [2.24, 2.45) is 5.73 Å². The van der Waals surface area contributed by atoms with E-state index in [2.05, 4.69) is 11.4 Å². The Labute approximate surface area is 188 Å². The largest absolute Gasteiger partial charge is 0.496 e. The average Bonchev–Trinajstić information content (AvgIpc) is 2.78. The third-order valence-corrected chi connectivity index (χ3v) is 5.29. The molecule has 8 nitrogen and oxygen atoms in total. The first-order valence-electron chi connectivity index (χ1n) is 10.4. The Balaban J connectivity index is 0.000000242. The molecular formula is C24H32N2O6. The molecule has 4 N–H and O–H groups in total. The van der Waals surface area contributed by atoms with E-state index in [4.69, 9.17) is 25.1 Å². The lowest BCUT2D eigenvalue weighted by atomic mass is 9.88. The highest BCUT2D eigenvalue weighted by atomic mass is 16.5. The fraction of sp³-hybridized carbons (Fsp3) is 0.417. The molecule has 0 heterocycles. The molecule has 1 aliphatic rings. The maximum Gasteiger partial charge on any atom is 0.326 e. The highest BCUT2D eigenvalue weighted by Gasteiger charge is 2.20. The van der Waals surface area contributed by atoms with Gasteiger partial charge >= 0.3 is 5.97 Å². The van der Waals surface area contributed by atoms with Crippen LogP contribution in [-0.4, -0.2) is 44.4 Å². The lowest BCUT2D eigenvalue weighted by Crippen LogP contribution is -2.41. The maximum atomic E-state index is 11.0. The minimum Gasteiger partial charge on any atom is -0.496 e. The van der Waals surface area contributed by atoms with Gasteiger partial charge in [0.1, 0.15) is 11.8 Å². The van der Waals surface area contributed by atoms with Gasteiger partial charge in [-0.2, -0.15) is 0 Å². The van der Waals surface area contributed by atoms with Crippen molar-refractivity contribution < 1.29 is 28.9 Å². The summed E-state index contributed by atoms with van der Waals surface area (Å²) in [5.74, 6) is 0.620. The van der Waals surface area contributed by atoms with Crippen molar-refractivity contribution in [3.8, 4) is 17.2 Å². The first-order valence-corrected chi connectivity index (χ1v) is 10.4. The van der Waals surface area contributed by atoms with Crippen LogP contribution in [0.1, 0.15) is 42.5 Å². The van der Waals surface area contributed by atoms with E-state index in [-0.39, 0.29) is 18.4 Å². The first-order chi connectivity index (χ1) is 15.3. The number of rotatable bonds is 7. The van der Waals surface area contributed by atoms with Crippen LogP contribution in [0.25, 0.3) is 0 Å². The molecule has 0 saturated heterocycles. The van der Waals surface area contributed by atoms with E-state index in [1.54, 1.807) is 25.3 Å². The standard InChI is InChI=1S/C13H17NO5.C11H15NO/c1-8(15)14-10(13(16)17)6-9-4-5-11(18-2)12(7-9)19-3;1-13-11-7-3-4-8-9(11)5-2-6-10(8)12/h4-5,7,10H,6H2,1-3H3,(H,14,15)(H,16,17);3-4,7,10H,2,5-6,12H2,1H3/t2*10-/m01/s1. The highest BCUT2D eigenvalue weighted by Crippen LogP contribution is 2.33. The smallest absolute Gasteiger partial charge is 0.326 e. The zero-order chi connectivity index (χ0) is 23.7. The minimum atomic E-state index is -1.08. The third kappa shape index (κ3) is 6.62. The summed E-state index contributed by atoms with van der Waals surface area (Å²) < 4.78 is 15.5. The van der Waals surface area contributed by atoms with Gasteiger partial charge in [-0.15, -0.1) is 0 Å². The van der Waals surface area contributed by atoms with Gasteiger partial charge < -0.3 is 30.4 Å². The quantitative estimate of drug-likeness (QED) is 0.601. The monoisotopic (exact) mass is 444 g/mol. The van der Waals surface area contributed by atoms with Crippen molar-refractivity contribution >= 4 is 11.9 Å². The fourth-order valence-electron chi connectivity index (χ4n) is 3.73.